The zero-order valence-electron chi connectivity index (χ0n) is 12.6. The highest BCUT2D eigenvalue weighted by molar-refractivity contribution is 5.37. The Morgan fingerprint density at radius 3 is 2.76 bits per heavy atom. The summed E-state index contributed by atoms with van der Waals surface area (Å²) >= 11 is 0. The van der Waals surface area contributed by atoms with E-state index >= 15 is 0 Å². The molecule has 0 bridgehead atoms. The van der Waals surface area contributed by atoms with Gasteiger partial charge in [0.1, 0.15) is 11.5 Å². The van der Waals surface area contributed by atoms with Crippen molar-refractivity contribution in [3.05, 3.63) is 48.2 Å². The summed E-state index contributed by atoms with van der Waals surface area (Å²) in [6.07, 6.45) is 2.85. The van der Waals surface area contributed by atoms with Crippen LogP contribution in [0.4, 0.5) is 0 Å². The second-order valence-corrected chi connectivity index (χ2v) is 4.65. The summed E-state index contributed by atoms with van der Waals surface area (Å²) in [5.74, 6) is 2.17. The lowest BCUT2D eigenvalue weighted by molar-refractivity contribution is 0.337. The number of hydrogen-bond acceptors (Lipinski definition) is 4. The van der Waals surface area contributed by atoms with Crippen LogP contribution in [0.5, 0.6) is 17.4 Å². The largest absolute Gasteiger partial charge is 0.494 e. The number of nitrogens with zero attached hydrogens (tertiary/aromatic N) is 1. The van der Waals surface area contributed by atoms with Gasteiger partial charge in [0.2, 0.25) is 5.88 Å². The predicted molar refractivity (Wildman–Crippen MR) is 83.9 cm³/mol. The van der Waals surface area contributed by atoms with E-state index in [1.807, 2.05) is 43.3 Å². The molecule has 0 fully saturated rings. The van der Waals surface area contributed by atoms with E-state index in [0.29, 0.717) is 12.5 Å². The van der Waals surface area contributed by atoms with Crippen molar-refractivity contribution in [2.24, 2.45) is 0 Å². The molecule has 0 saturated carbocycles. The molecular weight excluding hydrogens is 264 g/mol. The van der Waals surface area contributed by atoms with E-state index in [2.05, 4.69) is 17.2 Å². The zero-order chi connectivity index (χ0) is 14.9. The topological polar surface area (TPSA) is 43.4 Å². The van der Waals surface area contributed by atoms with Crippen molar-refractivity contribution >= 4 is 0 Å². The Labute approximate surface area is 126 Å². The van der Waals surface area contributed by atoms with Gasteiger partial charge >= 0.3 is 0 Å². The number of benzene rings is 1. The van der Waals surface area contributed by atoms with Crippen LogP contribution in [0.15, 0.2) is 42.6 Å². The molecule has 1 heterocycles. The van der Waals surface area contributed by atoms with Gasteiger partial charge in [-0.2, -0.15) is 0 Å². The van der Waals surface area contributed by atoms with Crippen molar-refractivity contribution in [3.8, 4) is 17.4 Å². The molecular formula is C17H22N2O2. The zero-order valence-corrected chi connectivity index (χ0v) is 12.6. The van der Waals surface area contributed by atoms with Crippen molar-refractivity contribution in [3.63, 3.8) is 0 Å². The van der Waals surface area contributed by atoms with Crippen molar-refractivity contribution in [2.45, 2.75) is 26.8 Å². The quantitative estimate of drug-likeness (QED) is 0.750. The van der Waals surface area contributed by atoms with Gasteiger partial charge in [-0.1, -0.05) is 19.1 Å². The van der Waals surface area contributed by atoms with E-state index in [1.165, 1.54) is 0 Å². The Kier molecular flexibility index (Phi) is 6.03. The number of ether oxygens (including phenoxy) is 2. The van der Waals surface area contributed by atoms with Gasteiger partial charge in [0.25, 0.3) is 0 Å². The van der Waals surface area contributed by atoms with E-state index in [1.54, 1.807) is 6.20 Å². The molecule has 4 nitrogen and oxygen atoms in total. The molecule has 0 aliphatic carbocycles. The summed E-state index contributed by atoms with van der Waals surface area (Å²) < 4.78 is 11.4. The first-order valence-corrected chi connectivity index (χ1v) is 7.38. The van der Waals surface area contributed by atoms with E-state index in [-0.39, 0.29) is 0 Å². The lowest BCUT2D eigenvalue weighted by atomic mass is 10.2. The first-order valence-electron chi connectivity index (χ1n) is 7.38. The van der Waals surface area contributed by atoms with Crippen LogP contribution in [0.1, 0.15) is 25.8 Å². The second kappa shape index (κ2) is 8.27. The molecule has 2 rings (SSSR count). The summed E-state index contributed by atoms with van der Waals surface area (Å²) in [5.41, 5.74) is 1.05. The van der Waals surface area contributed by atoms with Gasteiger partial charge < -0.3 is 14.8 Å². The number of hydrogen-bond donors (Lipinski definition) is 1. The van der Waals surface area contributed by atoms with Gasteiger partial charge in [-0.05, 0) is 38.1 Å². The van der Waals surface area contributed by atoms with Crippen LogP contribution in [-0.4, -0.2) is 18.1 Å². The lowest BCUT2D eigenvalue weighted by Gasteiger charge is -2.11. The number of pyridine rings is 1. The molecule has 0 spiro atoms. The van der Waals surface area contributed by atoms with Crippen molar-refractivity contribution < 1.29 is 9.47 Å². The molecule has 1 aromatic carbocycles. The van der Waals surface area contributed by atoms with Gasteiger partial charge in [-0.3, -0.25) is 0 Å². The van der Waals surface area contributed by atoms with E-state index in [9.17, 15) is 0 Å². The third-order valence-corrected chi connectivity index (χ3v) is 2.92. The SMILES string of the molecule is CCCNCc1cccnc1Oc1cccc(OCC)c1. The average molecular weight is 286 g/mol. The van der Waals surface area contributed by atoms with Gasteiger partial charge in [-0.25, -0.2) is 4.98 Å². The standard InChI is InChI=1S/C17H22N2O2/c1-3-10-18-13-14-7-6-11-19-17(14)21-16-9-5-8-15(12-16)20-4-2/h5-9,11-12,18H,3-4,10,13H2,1-2H3. The third kappa shape index (κ3) is 4.76. The maximum atomic E-state index is 5.90. The molecule has 112 valence electrons. The summed E-state index contributed by atoms with van der Waals surface area (Å²) in [6, 6.07) is 11.6. The first kappa shape index (κ1) is 15.3. The molecule has 4 heteroatoms. The molecule has 0 amide bonds. The highest BCUT2D eigenvalue weighted by atomic mass is 16.5. The minimum absolute atomic E-state index is 0.634. The normalized spacial score (nSPS) is 10.4. The molecule has 0 saturated heterocycles. The van der Waals surface area contributed by atoms with Crippen LogP contribution in [0.2, 0.25) is 0 Å². The van der Waals surface area contributed by atoms with Gasteiger partial charge in [0.05, 0.1) is 6.61 Å². The highest BCUT2D eigenvalue weighted by Crippen LogP contribution is 2.26. The van der Waals surface area contributed by atoms with Crippen molar-refractivity contribution in [1.29, 1.82) is 0 Å². The maximum Gasteiger partial charge on any atom is 0.223 e. The number of nitrogens with one attached hydrogen (secondary N) is 1. The highest BCUT2D eigenvalue weighted by Gasteiger charge is 2.06. The van der Waals surface area contributed by atoms with E-state index in [4.69, 9.17) is 9.47 Å². The van der Waals surface area contributed by atoms with Crippen LogP contribution >= 0.6 is 0 Å². The van der Waals surface area contributed by atoms with Gasteiger partial charge in [0, 0.05) is 24.4 Å². The fraction of sp³-hybridized carbons (Fsp3) is 0.353. The Balaban J connectivity index is 2.09. The smallest absolute Gasteiger partial charge is 0.223 e. The monoisotopic (exact) mass is 286 g/mol. The molecule has 1 N–H and O–H groups in total. The number of rotatable bonds is 8. The summed E-state index contributed by atoms with van der Waals surface area (Å²) in [7, 11) is 0. The van der Waals surface area contributed by atoms with Crippen LogP contribution in [0, 0.1) is 0 Å². The maximum absolute atomic E-state index is 5.90. The molecule has 0 aliphatic heterocycles. The predicted octanol–water partition coefficient (Wildman–Crippen LogP) is 3.77. The second-order valence-electron chi connectivity index (χ2n) is 4.65. The number of aromatic nitrogens is 1. The Bertz CT molecular complexity index is 558. The summed E-state index contributed by atoms with van der Waals surface area (Å²) in [5, 5.41) is 3.36. The first-order chi connectivity index (χ1) is 10.3. The van der Waals surface area contributed by atoms with Gasteiger partial charge in [-0.15, -0.1) is 0 Å². The van der Waals surface area contributed by atoms with Crippen LogP contribution in [0.3, 0.4) is 0 Å². The minimum atomic E-state index is 0.634. The van der Waals surface area contributed by atoms with E-state index in [0.717, 1.165) is 36.6 Å². The molecule has 0 atom stereocenters. The molecule has 21 heavy (non-hydrogen) atoms. The third-order valence-electron chi connectivity index (χ3n) is 2.92. The molecule has 0 radical (unpaired) electrons. The Morgan fingerprint density at radius 1 is 1.10 bits per heavy atom. The summed E-state index contributed by atoms with van der Waals surface area (Å²) in [6.45, 7) is 6.48. The molecule has 1 aromatic heterocycles. The van der Waals surface area contributed by atoms with Crippen molar-refractivity contribution in [2.75, 3.05) is 13.2 Å². The molecule has 0 unspecified atom stereocenters. The molecule has 0 aliphatic rings. The minimum Gasteiger partial charge on any atom is -0.494 e. The summed E-state index contributed by atoms with van der Waals surface area (Å²) in [4.78, 5) is 4.33. The molecule has 2 aromatic rings. The average Bonchev–Trinajstić information content (AvgIpc) is 2.50. The van der Waals surface area contributed by atoms with Crippen LogP contribution in [-0.2, 0) is 6.54 Å². The van der Waals surface area contributed by atoms with Crippen molar-refractivity contribution in [1.82, 2.24) is 10.3 Å². The Hall–Kier alpha value is -2.07. The lowest BCUT2D eigenvalue weighted by Crippen LogP contribution is -2.14. The Morgan fingerprint density at radius 2 is 1.95 bits per heavy atom. The van der Waals surface area contributed by atoms with E-state index < -0.39 is 0 Å². The van der Waals surface area contributed by atoms with Crippen LogP contribution in [0.25, 0.3) is 0 Å². The van der Waals surface area contributed by atoms with Gasteiger partial charge in [0.15, 0.2) is 0 Å². The fourth-order valence-corrected chi connectivity index (χ4v) is 1.96. The van der Waals surface area contributed by atoms with Crippen LogP contribution < -0.4 is 14.8 Å². The fourth-order valence-electron chi connectivity index (χ4n) is 1.96.